The quantitative estimate of drug-likeness (QED) is 0.0290. The number of unbranched alkanes of at least 4 members (excludes halogenated alkanes) is 13. The molecule has 0 bridgehead atoms. The van der Waals surface area contributed by atoms with Gasteiger partial charge in [-0.15, -0.1) is 0 Å². The summed E-state index contributed by atoms with van der Waals surface area (Å²) in [6.07, 6.45) is 36.7. The zero-order valence-corrected chi connectivity index (χ0v) is 33.2. The van der Waals surface area contributed by atoms with E-state index in [1.54, 1.807) is 0 Å². The number of esters is 1. The van der Waals surface area contributed by atoms with Gasteiger partial charge in [0.25, 0.3) is 0 Å². The zero-order valence-electron chi connectivity index (χ0n) is 33.2. The van der Waals surface area contributed by atoms with Crippen molar-refractivity contribution >= 4 is 5.97 Å². The molecule has 0 aromatic heterocycles. The molecule has 1 rings (SSSR count). The van der Waals surface area contributed by atoms with Crippen molar-refractivity contribution in [2.24, 2.45) is 0 Å². The van der Waals surface area contributed by atoms with Gasteiger partial charge in [0.05, 0.1) is 19.8 Å². The van der Waals surface area contributed by atoms with Gasteiger partial charge in [-0.2, -0.15) is 0 Å². The maximum Gasteiger partial charge on any atom is 0.306 e. The number of aliphatic hydroxyl groups is 4. The molecule has 1 saturated heterocycles. The monoisotopic (exact) mass is 749 g/mol. The molecule has 0 radical (unpaired) electrons. The summed E-state index contributed by atoms with van der Waals surface area (Å²) in [5.74, 6) is -0.342. The molecule has 9 nitrogen and oxygen atoms in total. The highest BCUT2D eigenvalue weighted by atomic mass is 16.7. The molecule has 6 unspecified atom stereocenters. The Bertz CT molecular complexity index is 989. The third kappa shape index (κ3) is 27.2. The van der Waals surface area contributed by atoms with Crippen LogP contribution in [0.1, 0.15) is 149 Å². The van der Waals surface area contributed by atoms with Crippen LogP contribution in [-0.4, -0.2) is 89.6 Å². The average molecular weight is 749 g/mol. The summed E-state index contributed by atoms with van der Waals surface area (Å²) in [7, 11) is 0. The van der Waals surface area contributed by atoms with Gasteiger partial charge in [-0.1, -0.05) is 126 Å². The van der Waals surface area contributed by atoms with Crippen LogP contribution < -0.4 is 0 Å². The van der Waals surface area contributed by atoms with Crippen LogP contribution in [0.4, 0.5) is 0 Å². The Kier molecular flexibility index (Phi) is 32.8. The Morgan fingerprint density at radius 1 is 0.623 bits per heavy atom. The van der Waals surface area contributed by atoms with Gasteiger partial charge in [-0.3, -0.25) is 4.79 Å². The fourth-order valence-corrected chi connectivity index (χ4v) is 5.89. The summed E-state index contributed by atoms with van der Waals surface area (Å²) in [5.41, 5.74) is 0. The van der Waals surface area contributed by atoms with E-state index in [1.165, 1.54) is 44.9 Å². The first-order valence-corrected chi connectivity index (χ1v) is 20.9. The summed E-state index contributed by atoms with van der Waals surface area (Å²) in [6.45, 7) is 4.36. The molecular formula is C44H76O9. The average Bonchev–Trinajstić information content (AvgIpc) is 3.16. The standard InChI is InChI=1S/C44H76O9/c1-3-5-7-9-11-13-15-17-18-19-20-21-23-25-27-29-31-33-40(46)52-38(37-51-44-43(49)42(48)41(47)39(35-45)53-44)36-50-34-32-30-28-26-24-22-16-14-12-10-8-6-4-2/h5,7,11-14,17-18,20-21,38-39,41-45,47-49H,3-4,6,8-10,15-16,19,22-37H2,1-2H3/b7-5-,13-11-,14-12-,18-17-,21-20-. The minimum Gasteiger partial charge on any atom is -0.457 e. The molecule has 4 N–H and O–H groups in total. The topological polar surface area (TPSA) is 135 Å². The molecule has 0 aromatic rings. The van der Waals surface area contributed by atoms with Gasteiger partial charge in [0, 0.05) is 13.0 Å². The number of ether oxygens (including phenoxy) is 4. The molecule has 0 amide bonds. The van der Waals surface area contributed by atoms with Crippen LogP contribution in [-0.2, 0) is 23.7 Å². The van der Waals surface area contributed by atoms with E-state index < -0.39 is 43.4 Å². The van der Waals surface area contributed by atoms with Crippen LogP contribution in [0.3, 0.4) is 0 Å². The van der Waals surface area contributed by atoms with Crippen LogP contribution in [0.5, 0.6) is 0 Å². The van der Waals surface area contributed by atoms with E-state index in [1.807, 2.05) is 0 Å². The molecule has 0 aromatic carbocycles. The minimum absolute atomic E-state index is 0.128. The maximum atomic E-state index is 12.7. The molecule has 306 valence electrons. The molecule has 1 aliphatic rings. The first-order valence-electron chi connectivity index (χ1n) is 20.9. The van der Waals surface area contributed by atoms with Crippen molar-refractivity contribution in [3.05, 3.63) is 60.8 Å². The summed E-state index contributed by atoms with van der Waals surface area (Å²) in [6, 6.07) is 0. The van der Waals surface area contributed by atoms with Gasteiger partial charge in [-0.25, -0.2) is 0 Å². The molecule has 1 fully saturated rings. The van der Waals surface area contributed by atoms with Crippen molar-refractivity contribution in [3.63, 3.8) is 0 Å². The van der Waals surface area contributed by atoms with Crippen LogP contribution in [0.2, 0.25) is 0 Å². The highest BCUT2D eigenvalue weighted by Gasteiger charge is 2.44. The number of carbonyl (C=O) groups excluding carboxylic acids is 1. The molecule has 53 heavy (non-hydrogen) atoms. The van der Waals surface area contributed by atoms with Crippen molar-refractivity contribution in [1.29, 1.82) is 0 Å². The molecule has 1 aliphatic heterocycles. The second-order valence-electron chi connectivity index (χ2n) is 14.0. The fourth-order valence-electron chi connectivity index (χ4n) is 5.89. The van der Waals surface area contributed by atoms with Crippen molar-refractivity contribution in [2.75, 3.05) is 26.4 Å². The van der Waals surface area contributed by atoms with Crippen LogP contribution in [0.15, 0.2) is 60.8 Å². The minimum atomic E-state index is -1.54. The molecule has 0 saturated carbocycles. The Morgan fingerprint density at radius 2 is 1.15 bits per heavy atom. The summed E-state index contributed by atoms with van der Waals surface area (Å²) in [4.78, 5) is 12.7. The van der Waals surface area contributed by atoms with Gasteiger partial charge in [0.15, 0.2) is 6.29 Å². The Morgan fingerprint density at radius 3 is 1.75 bits per heavy atom. The molecular weight excluding hydrogens is 672 g/mol. The van der Waals surface area contributed by atoms with E-state index in [9.17, 15) is 25.2 Å². The summed E-state index contributed by atoms with van der Waals surface area (Å²) in [5, 5.41) is 40.0. The fraction of sp³-hybridized carbons (Fsp3) is 0.750. The van der Waals surface area contributed by atoms with E-state index >= 15 is 0 Å². The maximum absolute atomic E-state index is 12.7. The Balaban J connectivity index is 2.33. The van der Waals surface area contributed by atoms with Crippen molar-refractivity contribution in [1.82, 2.24) is 0 Å². The van der Waals surface area contributed by atoms with Gasteiger partial charge in [0.2, 0.25) is 0 Å². The second-order valence-corrected chi connectivity index (χ2v) is 14.0. The highest BCUT2D eigenvalue weighted by molar-refractivity contribution is 5.69. The van der Waals surface area contributed by atoms with E-state index in [4.69, 9.17) is 18.9 Å². The van der Waals surface area contributed by atoms with E-state index in [-0.39, 0.29) is 25.6 Å². The number of carbonyl (C=O) groups is 1. The lowest BCUT2D eigenvalue weighted by Crippen LogP contribution is -2.59. The number of allylic oxidation sites excluding steroid dienone is 10. The summed E-state index contributed by atoms with van der Waals surface area (Å²) < 4.78 is 22.7. The highest BCUT2D eigenvalue weighted by Crippen LogP contribution is 2.22. The van der Waals surface area contributed by atoms with E-state index in [2.05, 4.69) is 74.6 Å². The molecule has 6 atom stereocenters. The van der Waals surface area contributed by atoms with Crippen LogP contribution >= 0.6 is 0 Å². The SMILES string of the molecule is CC/C=C\C/C=C\C/C=C\C/C=C\CCCCCCC(=O)OC(COCCCCCCCC/C=C\CCCCC)COC1OC(CO)C(O)C(O)C1O. The predicted octanol–water partition coefficient (Wildman–Crippen LogP) is 8.74. The van der Waals surface area contributed by atoms with E-state index in [0.29, 0.717) is 6.61 Å². The third-order valence-corrected chi connectivity index (χ3v) is 9.17. The molecule has 0 spiro atoms. The lowest BCUT2D eigenvalue weighted by molar-refractivity contribution is -0.305. The van der Waals surface area contributed by atoms with Crippen molar-refractivity contribution in [2.45, 2.75) is 185 Å². The lowest BCUT2D eigenvalue weighted by atomic mass is 9.99. The molecule has 1 heterocycles. The predicted molar refractivity (Wildman–Crippen MR) is 214 cm³/mol. The van der Waals surface area contributed by atoms with Crippen LogP contribution in [0.25, 0.3) is 0 Å². The third-order valence-electron chi connectivity index (χ3n) is 9.17. The van der Waals surface area contributed by atoms with Crippen LogP contribution in [0, 0.1) is 0 Å². The first-order chi connectivity index (χ1) is 25.9. The van der Waals surface area contributed by atoms with Gasteiger partial charge in [-0.05, 0) is 77.0 Å². The van der Waals surface area contributed by atoms with E-state index in [0.717, 1.165) is 83.5 Å². The number of hydrogen-bond donors (Lipinski definition) is 4. The Hall–Kier alpha value is -2.11. The van der Waals surface area contributed by atoms with Crippen molar-refractivity contribution in [3.8, 4) is 0 Å². The second kappa shape index (κ2) is 35.6. The van der Waals surface area contributed by atoms with Crippen molar-refractivity contribution < 1.29 is 44.2 Å². The van der Waals surface area contributed by atoms with Gasteiger partial charge >= 0.3 is 5.97 Å². The lowest BCUT2D eigenvalue weighted by Gasteiger charge is -2.39. The number of rotatable bonds is 34. The van der Waals surface area contributed by atoms with Gasteiger partial charge < -0.3 is 39.4 Å². The first kappa shape index (κ1) is 48.9. The smallest absolute Gasteiger partial charge is 0.306 e. The molecule has 0 aliphatic carbocycles. The normalized spacial score (nSPS) is 21.7. The van der Waals surface area contributed by atoms with Gasteiger partial charge in [0.1, 0.15) is 30.5 Å². The molecule has 9 heteroatoms. The largest absolute Gasteiger partial charge is 0.457 e. The summed E-state index contributed by atoms with van der Waals surface area (Å²) >= 11 is 0. The Labute approximate surface area is 322 Å². The number of hydrogen-bond acceptors (Lipinski definition) is 9. The number of aliphatic hydroxyl groups excluding tert-OH is 4. The zero-order chi connectivity index (χ0) is 38.6.